The molecule has 1 aromatic rings. The number of nitrogens with zero attached hydrogens (tertiary/aromatic N) is 2. The van der Waals surface area contributed by atoms with Crippen LogP contribution in [-0.2, 0) is 0 Å². The van der Waals surface area contributed by atoms with E-state index in [1.54, 1.807) is 24.4 Å². The van der Waals surface area contributed by atoms with E-state index >= 15 is 0 Å². The Bertz CT molecular complexity index is 367. The molecule has 5 heteroatoms. The first-order valence-electron chi connectivity index (χ1n) is 3.51. The molecule has 0 aromatic heterocycles. The Kier molecular flexibility index (Phi) is 2.71. The van der Waals surface area contributed by atoms with Crippen molar-refractivity contribution in [2.45, 2.75) is 0 Å². The molecule has 0 aliphatic heterocycles. The number of aromatic hydroxyl groups is 1. The minimum atomic E-state index is -0.0519. The van der Waals surface area contributed by atoms with Gasteiger partial charge in [-0.05, 0) is 12.1 Å². The minimum Gasteiger partial charge on any atom is -0.506 e. The molecule has 4 N–H and O–H groups in total. The lowest BCUT2D eigenvalue weighted by molar-refractivity contribution is 0.477. The zero-order valence-corrected chi connectivity index (χ0v) is 6.73. The van der Waals surface area contributed by atoms with Crippen LogP contribution in [0, 0.1) is 11.5 Å². The minimum absolute atomic E-state index is 0.0187. The van der Waals surface area contributed by atoms with Gasteiger partial charge in [-0.2, -0.15) is 5.26 Å². The number of hydrogen-bond acceptors (Lipinski definition) is 3. The van der Waals surface area contributed by atoms with Gasteiger partial charge in [-0.25, -0.2) is 4.99 Å². The molecule has 0 aliphatic rings. The summed E-state index contributed by atoms with van der Waals surface area (Å²) in [5, 5.41) is 19.6. The third kappa shape index (κ3) is 2.38. The van der Waals surface area contributed by atoms with Crippen molar-refractivity contribution in [1.82, 2.24) is 5.32 Å². The number of guanidine groups is 1. The quantitative estimate of drug-likeness (QED) is 0.250. The molecular formula is C8H8N4O. The molecule has 0 unspecified atom stereocenters. The van der Waals surface area contributed by atoms with Gasteiger partial charge in [0.1, 0.15) is 11.4 Å². The first kappa shape index (κ1) is 8.87. The maximum atomic E-state index is 9.25. The Morgan fingerprint density at radius 1 is 1.54 bits per heavy atom. The molecule has 0 bridgehead atoms. The fourth-order valence-electron chi connectivity index (χ4n) is 0.774. The van der Waals surface area contributed by atoms with E-state index in [4.69, 9.17) is 11.0 Å². The lowest BCUT2D eigenvalue weighted by atomic mass is 10.3. The summed E-state index contributed by atoms with van der Waals surface area (Å²) in [7, 11) is 0. The Morgan fingerprint density at radius 3 is 2.85 bits per heavy atom. The number of nitrogens with one attached hydrogen (secondary N) is 1. The van der Waals surface area contributed by atoms with Crippen LogP contribution in [-0.4, -0.2) is 11.1 Å². The molecule has 1 rings (SSSR count). The van der Waals surface area contributed by atoms with Crippen LogP contribution in [0.1, 0.15) is 0 Å². The van der Waals surface area contributed by atoms with Crippen LogP contribution < -0.4 is 11.1 Å². The molecule has 0 saturated carbocycles. The predicted octanol–water partition coefficient (Wildman–Crippen LogP) is 0.409. The van der Waals surface area contributed by atoms with Crippen LogP contribution in [0.3, 0.4) is 0 Å². The number of phenols is 1. The second kappa shape index (κ2) is 3.97. The van der Waals surface area contributed by atoms with E-state index in [0.717, 1.165) is 0 Å². The van der Waals surface area contributed by atoms with Crippen LogP contribution in [0.15, 0.2) is 29.3 Å². The van der Waals surface area contributed by atoms with E-state index in [1.165, 1.54) is 6.07 Å². The van der Waals surface area contributed by atoms with Crippen LogP contribution >= 0.6 is 0 Å². The van der Waals surface area contributed by atoms with Crippen LogP contribution in [0.2, 0.25) is 0 Å². The zero-order chi connectivity index (χ0) is 9.68. The fraction of sp³-hybridized carbons (Fsp3) is 0. The van der Waals surface area contributed by atoms with Crippen LogP contribution in [0.4, 0.5) is 5.69 Å². The van der Waals surface area contributed by atoms with Crippen molar-refractivity contribution in [3.8, 4) is 11.9 Å². The molecule has 13 heavy (non-hydrogen) atoms. The molecule has 5 nitrogen and oxygen atoms in total. The number of nitrogens with two attached hydrogens (primary N) is 1. The van der Waals surface area contributed by atoms with Crippen LogP contribution in [0.5, 0.6) is 5.75 Å². The van der Waals surface area contributed by atoms with E-state index in [-0.39, 0.29) is 11.7 Å². The highest BCUT2D eigenvalue weighted by atomic mass is 16.3. The summed E-state index contributed by atoms with van der Waals surface area (Å²) in [4.78, 5) is 3.76. The molecule has 0 atom stereocenters. The summed E-state index contributed by atoms with van der Waals surface area (Å²) >= 11 is 0. The second-order valence-corrected chi connectivity index (χ2v) is 2.22. The number of hydrogen-bond donors (Lipinski definition) is 3. The van der Waals surface area contributed by atoms with Crippen LogP contribution in [0.25, 0.3) is 0 Å². The molecule has 0 aliphatic carbocycles. The van der Waals surface area contributed by atoms with Crippen molar-refractivity contribution in [2.24, 2.45) is 10.7 Å². The summed E-state index contributed by atoms with van der Waals surface area (Å²) in [5.41, 5.74) is 5.61. The van der Waals surface area contributed by atoms with E-state index in [1.807, 2.05) is 0 Å². The van der Waals surface area contributed by atoms with E-state index < -0.39 is 0 Å². The molecule has 66 valence electrons. The zero-order valence-electron chi connectivity index (χ0n) is 6.73. The highest BCUT2D eigenvalue weighted by Gasteiger charge is 1.97. The lowest BCUT2D eigenvalue weighted by Gasteiger charge is -1.98. The Hall–Kier alpha value is -2.22. The smallest absolute Gasteiger partial charge is 0.207 e. The molecule has 0 radical (unpaired) electrons. The highest BCUT2D eigenvalue weighted by molar-refractivity contribution is 5.82. The summed E-state index contributed by atoms with van der Waals surface area (Å²) in [5.74, 6) is -0.0332. The average molecular weight is 176 g/mol. The highest BCUT2D eigenvalue weighted by Crippen LogP contribution is 2.24. The molecule has 0 spiro atoms. The largest absolute Gasteiger partial charge is 0.506 e. The maximum Gasteiger partial charge on any atom is 0.207 e. The Labute approximate surface area is 75.1 Å². The SMILES string of the molecule is N#CNC(N)=Nc1ccccc1O. The number of benzene rings is 1. The summed E-state index contributed by atoms with van der Waals surface area (Å²) < 4.78 is 0. The van der Waals surface area contributed by atoms with Crippen molar-refractivity contribution in [2.75, 3.05) is 0 Å². The van der Waals surface area contributed by atoms with Crippen molar-refractivity contribution >= 4 is 11.6 Å². The van der Waals surface area contributed by atoms with Gasteiger partial charge in [-0.15, -0.1) is 0 Å². The third-order valence-corrected chi connectivity index (χ3v) is 1.31. The van der Waals surface area contributed by atoms with Gasteiger partial charge in [0.2, 0.25) is 5.96 Å². The third-order valence-electron chi connectivity index (χ3n) is 1.31. The van der Waals surface area contributed by atoms with Gasteiger partial charge < -0.3 is 10.8 Å². The number of rotatable bonds is 1. The van der Waals surface area contributed by atoms with E-state index in [9.17, 15) is 5.11 Å². The molecule has 0 amide bonds. The maximum absolute atomic E-state index is 9.25. The van der Waals surface area contributed by atoms with E-state index in [2.05, 4.69) is 10.3 Å². The van der Waals surface area contributed by atoms with Crippen molar-refractivity contribution in [3.63, 3.8) is 0 Å². The molecule has 0 fully saturated rings. The average Bonchev–Trinajstić information content (AvgIpc) is 2.09. The number of nitriles is 1. The molecule has 0 heterocycles. The van der Waals surface area contributed by atoms with Gasteiger partial charge in [0.05, 0.1) is 0 Å². The topological polar surface area (TPSA) is 94.4 Å². The molecule has 1 aromatic carbocycles. The van der Waals surface area contributed by atoms with Gasteiger partial charge in [0, 0.05) is 0 Å². The summed E-state index contributed by atoms with van der Waals surface area (Å²) in [6, 6.07) is 6.44. The van der Waals surface area contributed by atoms with Gasteiger partial charge in [0.15, 0.2) is 6.19 Å². The van der Waals surface area contributed by atoms with E-state index in [0.29, 0.717) is 5.69 Å². The first-order chi connectivity index (χ1) is 6.24. The molecule has 0 saturated heterocycles. The van der Waals surface area contributed by atoms with Crippen molar-refractivity contribution in [3.05, 3.63) is 24.3 Å². The first-order valence-corrected chi connectivity index (χ1v) is 3.51. The predicted molar refractivity (Wildman–Crippen MR) is 48.1 cm³/mol. The normalized spacial score (nSPS) is 10.5. The number of aliphatic imine (C=N–C) groups is 1. The van der Waals surface area contributed by atoms with Crippen molar-refractivity contribution in [1.29, 1.82) is 5.26 Å². The van der Waals surface area contributed by atoms with Gasteiger partial charge in [0.25, 0.3) is 0 Å². The standard InChI is InChI=1S/C8H8N4O/c9-5-11-8(10)12-6-3-1-2-4-7(6)13/h1-4,13H,(H3,10,11,12). The monoisotopic (exact) mass is 176 g/mol. The lowest BCUT2D eigenvalue weighted by Crippen LogP contribution is -2.26. The van der Waals surface area contributed by atoms with Crippen molar-refractivity contribution < 1.29 is 5.11 Å². The molecular weight excluding hydrogens is 168 g/mol. The van der Waals surface area contributed by atoms with Gasteiger partial charge >= 0.3 is 0 Å². The summed E-state index contributed by atoms with van der Waals surface area (Å²) in [6.45, 7) is 0. The Balaban J connectivity index is 2.92. The summed E-state index contributed by atoms with van der Waals surface area (Å²) in [6.07, 6.45) is 1.62. The Morgan fingerprint density at radius 2 is 2.23 bits per heavy atom. The fourth-order valence-corrected chi connectivity index (χ4v) is 0.774. The van der Waals surface area contributed by atoms with Gasteiger partial charge in [-0.1, -0.05) is 12.1 Å². The van der Waals surface area contributed by atoms with Gasteiger partial charge in [-0.3, -0.25) is 5.32 Å². The number of phenolic OH excluding ortho intramolecular Hbond substituents is 1. The second-order valence-electron chi connectivity index (χ2n) is 2.22. The number of para-hydroxylation sites is 2.